The van der Waals surface area contributed by atoms with Crippen molar-refractivity contribution in [2.24, 2.45) is 0 Å². The van der Waals surface area contributed by atoms with E-state index in [-0.39, 0.29) is 0 Å². The van der Waals surface area contributed by atoms with Crippen LogP contribution in [-0.2, 0) is 9.53 Å². The van der Waals surface area contributed by atoms with Crippen molar-refractivity contribution in [1.82, 2.24) is 0 Å². The third-order valence-electron chi connectivity index (χ3n) is 2.18. The van der Waals surface area contributed by atoms with E-state index in [1.807, 2.05) is 0 Å². The monoisotopic (exact) mass is 350 g/mol. The van der Waals surface area contributed by atoms with Crippen LogP contribution in [0, 0.1) is 0 Å². The van der Waals surface area contributed by atoms with Crippen molar-refractivity contribution in [3.8, 4) is 0 Å². The van der Waals surface area contributed by atoms with E-state index in [0.29, 0.717) is 0 Å². The van der Waals surface area contributed by atoms with E-state index in [4.69, 9.17) is 0 Å². The zero-order chi connectivity index (χ0) is 18.0. The number of carbonyl (C=O) groups is 1. The van der Waals surface area contributed by atoms with Crippen LogP contribution in [0.25, 0.3) is 0 Å². The first-order chi connectivity index (χ1) is 9.50. The molecule has 0 aromatic rings. The predicted octanol–water partition coefficient (Wildman–Crippen LogP) is 4.26. The summed E-state index contributed by atoms with van der Waals surface area (Å²) >= 11 is 0. The van der Waals surface area contributed by atoms with Gasteiger partial charge in [-0.1, -0.05) is 6.58 Å². The summed E-state index contributed by atoms with van der Waals surface area (Å²) in [6, 6.07) is 0. The van der Waals surface area contributed by atoms with Gasteiger partial charge in [0.15, 0.2) is 0 Å². The highest BCUT2D eigenvalue weighted by Crippen LogP contribution is 2.43. The Balaban J connectivity index is 4.53. The minimum atomic E-state index is -6.21. The summed E-state index contributed by atoms with van der Waals surface area (Å²) in [4.78, 5) is 10.7. The number of hydrogen-bond donors (Lipinski definition) is 0. The smallest absolute Gasteiger partial charge is 0.453 e. The van der Waals surface area contributed by atoms with Crippen molar-refractivity contribution in [3.63, 3.8) is 0 Å². The number of esters is 1. The van der Waals surface area contributed by atoms with Crippen LogP contribution in [0.1, 0.15) is 12.8 Å². The first kappa shape index (κ1) is 20.5. The number of rotatable bonds is 6. The molecule has 0 aliphatic heterocycles. The SMILES string of the molecule is C=C(C(=O)OCCC(F)(F)CC(F)(F)C(F)(F)F)C(F)(F)F. The molecule has 0 N–H and O–H groups in total. The fourth-order valence-electron chi connectivity index (χ4n) is 1.01. The van der Waals surface area contributed by atoms with Gasteiger partial charge in [-0.05, 0) is 0 Å². The number of halogens is 10. The molecule has 0 fully saturated rings. The first-order valence-corrected chi connectivity index (χ1v) is 5.25. The first-order valence-electron chi connectivity index (χ1n) is 5.25. The summed E-state index contributed by atoms with van der Waals surface area (Å²) in [5.74, 6) is -12.4. The van der Waals surface area contributed by atoms with Gasteiger partial charge in [0.2, 0.25) is 0 Å². The molecule has 0 heterocycles. The van der Waals surface area contributed by atoms with Gasteiger partial charge in [0.05, 0.1) is 13.0 Å². The Morgan fingerprint density at radius 3 is 1.73 bits per heavy atom. The van der Waals surface area contributed by atoms with Crippen molar-refractivity contribution in [2.45, 2.75) is 37.0 Å². The van der Waals surface area contributed by atoms with Crippen LogP contribution in [0.15, 0.2) is 12.2 Å². The van der Waals surface area contributed by atoms with E-state index >= 15 is 0 Å². The second-order valence-corrected chi connectivity index (χ2v) is 4.10. The van der Waals surface area contributed by atoms with E-state index in [9.17, 15) is 48.7 Å². The van der Waals surface area contributed by atoms with E-state index in [1.165, 1.54) is 0 Å². The molecule has 0 rings (SSSR count). The highest BCUT2D eigenvalue weighted by Gasteiger charge is 2.61. The fourth-order valence-corrected chi connectivity index (χ4v) is 1.01. The largest absolute Gasteiger partial charge is 0.462 e. The maximum Gasteiger partial charge on any atom is 0.453 e. The molecule has 0 aromatic carbocycles. The van der Waals surface area contributed by atoms with Gasteiger partial charge < -0.3 is 4.74 Å². The number of hydrogen-bond acceptors (Lipinski definition) is 2. The lowest BCUT2D eigenvalue weighted by atomic mass is 10.1. The maximum absolute atomic E-state index is 12.9. The lowest BCUT2D eigenvalue weighted by Crippen LogP contribution is -2.42. The molecule has 0 saturated heterocycles. The Hall–Kier alpha value is -1.49. The molecule has 130 valence electrons. The van der Waals surface area contributed by atoms with Gasteiger partial charge in [0.25, 0.3) is 5.92 Å². The van der Waals surface area contributed by atoms with Crippen LogP contribution < -0.4 is 0 Å². The number of carbonyl (C=O) groups excluding carboxylic acids is 1. The number of alkyl halides is 10. The van der Waals surface area contributed by atoms with Crippen molar-refractivity contribution in [3.05, 3.63) is 12.2 Å². The molecule has 0 spiro atoms. The lowest BCUT2D eigenvalue weighted by Gasteiger charge is -2.24. The van der Waals surface area contributed by atoms with E-state index in [0.717, 1.165) is 0 Å². The van der Waals surface area contributed by atoms with E-state index in [1.54, 1.807) is 0 Å². The van der Waals surface area contributed by atoms with Crippen LogP contribution in [-0.4, -0.2) is 36.8 Å². The van der Waals surface area contributed by atoms with Crippen molar-refractivity contribution >= 4 is 5.97 Å². The molecule has 0 atom stereocenters. The predicted molar refractivity (Wildman–Crippen MR) is 51.3 cm³/mol. The van der Waals surface area contributed by atoms with Crippen LogP contribution in [0.5, 0.6) is 0 Å². The molecule has 0 saturated carbocycles. The normalized spacial score (nSPS) is 13.9. The Morgan fingerprint density at radius 2 is 1.36 bits per heavy atom. The van der Waals surface area contributed by atoms with Gasteiger partial charge in [-0.25, -0.2) is 13.6 Å². The van der Waals surface area contributed by atoms with Crippen LogP contribution >= 0.6 is 0 Å². The number of ether oxygens (including phenoxy) is 1. The molecule has 0 aliphatic rings. The van der Waals surface area contributed by atoms with Crippen molar-refractivity contribution < 1.29 is 53.4 Å². The highest BCUT2D eigenvalue weighted by molar-refractivity contribution is 5.89. The average Bonchev–Trinajstić information content (AvgIpc) is 2.22. The minimum absolute atomic E-state index is 1.49. The van der Waals surface area contributed by atoms with Gasteiger partial charge >= 0.3 is 24.2 Å². The molecular weight excluding hydrogens is 342 g/mol. The molecule has 0 amide bonds. The third kappa shape index (κ3) is 6.10. The molecule has 0 unspecified atom stereocenters. The summed E-state index contributed by atoms with van der Waals surface area (Å²) in [5, 5.41) is 0. The van der Waals surface area contributed by atoms with Crippen molar-refractivity contribution in [1.29, 1.82) is 0 Å². The van der Waals surface area contributed by atoms with E-state index < -0.39 is 55.2 Å². The summed E-state index contributed by atoms with van der Waals surface area (Å²) in [7, 11) is 0. The summed E-state index contributed by atoms with van der Waals surface area (Å²) in [6.07, 6.45) is -16.1. The average molecular weight is 350 g/mol. The molecule has 0 aromatic heterocycles. The van der Waals surface area contributed by atoms with Crippen LogP contribution in [0.3, 0.4) is 0 Å². The maximum atomic E-state index is 12.9. The van der Waals surface area contributed by atoms with Gasteiger partial charge in [-0.2, -0.15) is 35.1 Å². The Kier molecular flexibility index (Phi) is 5.90. The summed E-state index contributed by atoms with van der Waals surface area (Å²) < 4.78 is 125. The molecule has 2 nitrogen and oxygen atoms in total. The topological polar surface area (TPSA) is 26.3 Å². The quantitative estimate of drug-likeness (QED) is 0.407. The Morgan fingerprint density at radius 1 is 0.909 bits per heavy atom. The molecule has 22 heavy (non-hydrogen) atoms. The van der Waals surface area contributed by atoms with Gasteiger partial charge in [0.1, 0.15) is 5.57 Å². The van der Waals surface area contributed by atoms with Gasteiger partial charge in [-0.3, -0.25) is 0 Å². The lowest BCUT2D eigenvalue weighted by molar-refractivity contribution is -0.301. The molecule has 0 radical (unpaired) electrons. The van der Waals surface area contributed by atoms with Crippen LogP contribution in [0.4, 0.5) is 43.9 Å². The minimum Gasteiger partial charge on any atom is -0.462 e. The second kappa shape index (κ2) is 6.32. The van der Waals surface area contributed by atoms with Gasteiger partial charge in [-0.15, -0.1) is 0 Å². The molecule has 12 heteroatoms. The Labute approximate surface area is 116 Å². The van der Waals surface area contributed by atoms with Gasteiger partial charge in [0, 0.05) is 6.42 Å². The third-order valence-corrected chi connectivity index (χ3v) is 2.18. The Bertz CT molecular complexity index is 420. The molecule has 0 bridgehead atoms. The standard InChI is InChI=1S/C10H8F10O2/c1-5(9(15,16)17)6(21)22-3-2-7(11,12)4-8(13,14)10(18,19)20/h1-4H2. The summed E-state index contributed by atoms with van der Waals surface area (Å²) in [6.45, 7) is 0.786. The zero-order valence-corrected chi connectivity index (χ0v) is 10.4. The van der Waals surface area contributed by atoms with Crippen molar-refractivity contribution in [2.75, 3.05) is 6.61 Å². The highest BCUT2D eigenvalue weighted by atomic mass is 19.4. The fraction of sp³-hybridized carbons (Fsp3) is 0.700. The van der Waals surface area contributed by atoms with Crippen LogP contribution in [0.2, 0.25) is 0 Å². The molecule has 0 aliphatic carbocycles. The van der Waals surface area contributed by atoms with E-state index in [2.05, 4.69) is 11.3 Å². The summed E-state index contributed by atoms with van der Waals surface area (Å²) in [5.41, 5.74) is -2.03. The zero-order valence-electron chi connectivity index (χ0n) is 10.4. The molecular formula is C10H8F10O2. The second-order valence-electron chi connectivity index (χ2n) is 4.10.